The van der Waals surface area contributed by atoms with Crippen LogP contribution in [0.25, 0.3) is 0 Å². The number of nitrogens with one attached hydrogen (secondary N) is 1. The molecule has 0 aliphatic carbocycles. The lowest BCUT2D eigenvalue weighted by molar-refractivity contribution is -0.137. The van der Waals surface area contributed by atoms with Crippen molar-refractivity contribution >= 4 is 47.6 Å². The summed E-state index contributed by atoms with van der Waals surface area (Å²) in [6.07, 6.45) is -4.69. The number of benzene rings is 2. The van der Waals surface area contributed by atoms with Crippen LogP contribution in [-0.4, -0.2) is 8.42 Å². The van der Waals surface area contributed by atoms with E-state index in [9.17, 15) is 26.0 Å². The largest absolute Gasteiger partial charge is 0.416 e. The quantitative estimate of drug-likeness (QED) is 0.621. The van der Waals surface area contributed by atoms with Crippen molar-refractivity contribution in [2.24, 2.45) is 0 Å². The Bertz CT molecular complexity index is 854. The van der Waals surface area contributed by atoms with Crippen molar-refractivity contribution in [2.75, 3.05) is 4.72 Å². The molecule has 0 heterocycles. The number of halogens is 6. The van der Waals surface area contributed by atoms with E-state index in [4.69, 9.17) is 0 Å². The van der Waals surface area contributed by atoms with Crippen molar-refractivity contribution < 1.29 is 26.0 Å². The smallest absolute Gasteiger partial charge is 0.278 e. The van der Waals surface area contributed by atoms with E-state index in [1.165, 1.54) is 0 Å². The Labute approximate surface area is 146 Å². The fourth-order valence-electron chi connectivity index (χ4n) is 1.66. The molecule has 0 unspecified atom stereocenters. The molecule has 0 spiro atoms. The van der Waals surface area contributed by atoms with Crippen molar-refractivity contribution in [1.82, 2.24) is 0 Å². The van der Waals surface area contributed by atoms with Crippen LogP contribution in [0.1, 0.15) is 5.56 Å². The van der Waals surface area contributed by atoms with Crippen LogP contribution < -0.4 is 4.72 Å². The lowest BCUT2D eigenvalue weighted by Gasteiger charge is -2.13. The highest BCUT2D eigenvalue weighted by atomic mass is 79.9. The molecule has 2 aromatic rings. The van der Waals surface area contributed by atoms with E-state index < -0.39 is 32.5 Å². The van der Waals surface area contributed by atoms with Gasteiger partial charge in [-0.25, -0.2) is 12.8 Å². The number of alkyl halides is 3. The summed E-state index contributed by atoms with van der Waals surface area (Å²) in [5.41, 5.74) is -1.11. The lowest BCUT2D eigenvalue weighted by Crippen LogP contribution is -2.15. The van der Waals surface area contributed by atoms with E-state index >= 15 is 0 Å². The minimum atomic E-state index is -4.69. The van der Waals surface area contributed by atoms with Gasteiger partial charge < -0.3 is 0 Å². The fourth-order valence-corrected chi connectivity index (χ4v) is 4.03. The van der Waals surface area contributed by atoms with Crippen LogP contribution in [0.5, 0.6) is 0 Å². The summed E-state index contributed by atoms with van der Waals surface area (Å²) in [5, 5.41) is 0. The van der Waals surface area contributed by atoms with Gasteiger partial charge in [-0.05, 0) is 52.3 Å². The van der Waals surface area contributed by atoms with Crippen molar-refractivity contribution in [2.45, 2.75) is 11.1 Å². The topological polar surface area (TPSA) is 46.2 Å². The molecule has 0 aliphatic heterocycles. The summed E-state index contributed by atoms with van der Waals surface area (Å²) >= 11 is 5.83. The molecule has 23 heavy (non-hydrogen) atoms. The molecule has 0 saturated heterocycles. The lowest BCUT2D eigenvalue weighted by atomic mass is 10.2. The molecule has 0 atom stereocenters. The van der Waals surface area contributed by atoms with E-state index in [2.05, 4.69) is 36.6 Å². The Hall–Kier alpha value is -1.13. The molecule has 124 valence electrons. The van der Waals surface area contributed by atoms with Crippen LogP contribution in [0.15, 0.2) is 50.2 Å². The van der Waals surface area contributed by atoms with E-state index in [1.54, 1.807) is 0 Å². The minimum absolute atomic E-state index is 0.0000609. The Morgan fingerprint density at radius 3 is 2.22 bits per heavy atom. The maximum Gasteiger partial charge on any atom is 0.416 e. The Morgan fingerprint density at radius 1 is 1.00 bits per heavy atom. The van der Waals surface area contributed by atoms with E-state index in [1.807, 2.05) is 0 Å². The van der Waals surface area contributed by atoms with Crippen molar-refractivity contribution in [3.8, 4) is 0 Å². The van der Waals surface area contributed by atoms with Crippen molar-refractivity contribution in [3.05, 3.63) is 56.7 Å². The van der Waals surface area contributed by atoms with E-state index in [0.29, 0.717) is 6.07 Å². The summed E-state index contributed by atoms with van der Waals surface area (Å²) in [6, 6.07) is 5.52. The van der Waals surface area contributed by atoms with E-state index in [0.717, 1.165) is 30.3 Å². The standard InChI is InChI=1S/C13H7Br2F4NO2S/c14-8-3-7(13(17,18)19)4-10(5-8)23(21,22)20-12-2-1-9(16)6-11(12)15/h1-6,20H. The highest BCUT2D eigenvalue weighted by Gasteiger charge is 2.32. The van der Waals surface area contributed by atoms with Gasteiger partial charge in [0.25, 0.3) is 10.0 Å². The third-order valence-corrected chi connectivity index (χ3v) is 5.14. The highest BCUT2D eigenvalue weighted by Crippen LogP contribution is 2.34. The second-order valence-electron chi connectivity index (χ2n) is 4.40. The zero-order valence-corrected chi connectivity index (χ0v) is 14.9. The van der Waals surface area contributed by atoms with Crippen LogP contribution in [-0.2, 0) is 16.2 Å². The molecular weight excluding hydrogens is 470 g/mol. The Kier molecular flexibility index (Phi) is 5.07. The maximum atomic E-state index is 13.0. The number of anilines is 1. The van der Waals surface area contributed by atoms with Crippen LogP contribution in [0, 0.1) is 5.82 Å². The van der Waals surface area contributed by atoms with Crippen LogP contribution >= 0.6 is 31.9 Å². The third-order valence-electron chi connectivity index (χ3n) is 2.68. The molecule has 0 saturated carbocycles. The zero-order valence-electron chi connectivity index (χ0n) is 11.0. The zero-order chi connectivity index (χ0) is 17.4. The molecule has 10 heteroatoms. The van der Waals surface area contributed by atoms with Crippen LogP contribution in [0.4, 0.5) is 23.2 Å². The molecule has 0 aromatic heterocycles. The van der Waals surface area contributed by atoms with Gasteiger partial charge in [0.05, 0.1) is 16.1 Å². The van der Waals surface area contributed by atoms with Gasteiger partial charge in [0.15, 0.2) is 0 Å². The van der Waals surface area contributed by atoms with Gasteiger partial charge in [0.2, 0.25) is 0 Å². The second kappa shape index (κ2) is 6.40. The normalized spacial score (nSPS) is 12.3. The SMILES string of the molecule is O=S(=O)(Nc1ccc(F)cc1Br)c1cc(Br)cc(C(F)(F)F)c1. The summed E-state index contributed by atoms with van der Waals surface area (Å²) < 4.78 is 78.1. The highest BCUT2D eigenvalue weighted by molar-refractivity contribution is 9.10. The molecule has 2 aromatic carbocycles. The first kappa shape index (κ1) is 18.2. The number of hydrogen-bond donors (Lipinski definition) is 1. The van der Waals surface area contributed by atoms with E-state index in [-0.39, 0.29) is 14.6 Å². The number of rotatable bonds is 3. The van der Waals surface area contributed by atoms with Gasteiger partial charge in [-0.3, -0.25) is 4.72 Å². The summed E-state index contributed by atoms with van der Waals surface area (Å²) in [5.74, 6) is -0.596. The van der Waals surface area contributed by atoms with Crippen LogP contribution in [0.3, 0.4) is 0 Å². The first-order valence-corrected chi connectivity index (χ1v) is 8.91. The summed E-state index contributed by atoms with van der Waals surface area (Å²) in [7, 11) is -4.29. The van der Waals surface area contributed by atoms with Gasteiger partial charge in [-0.2, -0.15) is 13.2 Å². The van der Waals surface area contributed by atoms with Gasteiger partial charge in [-0.1, -0.05) is 15.9 Å². The molecule has 0 radical (unpaired) electrons. The van der Waals surface area contributed by atoms with Gasteiger partial charge in [0, 0.05) is 8.95 Å². The van der Waals surface area contributed by atoms with Crippen LogP contribution in [0.2, 0.25) is 0 Å². The Morgan fingerprint density at radius 2 is 1.65 bits per heavy atom. The first-order chi connectivity index (χ1) is 10.5. The predicted octanol–water partition coefficient (Wildman–Crippen LogP) is 5.17. The molecule has 0 fully saturated rings. The first-order valence-electron chi connectivity index (χ1n) is 5.85. The number of hydrogen-bond acceptors (Lipinski definition) is 2. The van der Waals surface area contributed by atoms with Gasteiger partial charge in [0.1, 0.15) is 5.82 Å². The molecule has 0 bridgehead atoms. The minimum Gasteiger partial charge on any atom is -0.278 e. The number of sulfonamides is 1. The average Bonchev–Trinajstić information content (AvgIpc) is 2.40. The second-order valence-corrected chi connectivity index (χ2v) is 7.86. The summed E-state index contributed by atoms with van der Waals surface area (Å²) in [4.78, 5) is -0.574. The molecule has 0 aliphatic rings. The van der Waals surface area contributed by atoms with Crippen molar-refractivity contribution in [3.63, 3.8) is 0 Å². The van der Waals surface area contributed by atoms with Gasteiger partial charge in [-0.15, -0.1) is 0 Å². The molecule has 0 amide bonds. The maximum absolute atomic E-state index is 13.0. The fraction of sp³-hybridized carbons (Fsp3) is 0.0769. The van der Waals surface area contributed by atoms with Crippen molar-refractivity contribution in [1.29, 1.82) is 0 Å². The molecule has 3 nitrogen and oxygen atoms in total. The summed E-state index contributed by atoms with van der Waals surface area (Å²) in [6.45, 7) is 0. The molecular formula is C13H7Br2F4NO2S. The third kappa shape index (κ3) is 4.45. The molecule has 1 N–H and O–H groups in total. The molecule has 2 rings (SSSR count). The average molecular weight is 477 g/mol. The predicted molar refractivity (Wildman–Crippen MR) is 84.1 cm³/mol. The van der Waals surface area contributed by atoms with Gasteiger partial charge >= 0.3 is 6.18 Å². The monoisotopic (exact) mass is 475 g/mol. The Balaban J connectivity index is 2.46.